The van der Waals surface area contributed by atoms with Gasteiger partial charge in [0.1, 0.15) is 5.75 Å². The fraction of sp³-hybridized carbons (Fsp3) is 0.273. The Morgan fingerprint density at radius 2 is 1.91 bits per heavy atom. The second kappa shape index (κ2) is 8.54. The maximum atomic E-state index is 13.4. The zero-order valence-corrected chi connectivity index (χ0v) is 18.2. The van der Waals surface area contributed by atoms with Crippen molar-refractivity contribution >= 4 is 11.8 Å². The largest absolute Gasteiger partial charge is 0.497 e. The molecule has 1 fully saturated rings. The molecule has 2 aromatic carbocycles. The highest BCUT2D eigenvalue weighted by Crippen LogP contribution is 2.39. The first-order valence-corrected chi connectivity index (χ1v) is 11.1. The van der Waals surface area contributed by atoms with Crippen LogP contribution in [-0.4, -0.2) is 32.0 Å². The van der Waals surface area contributed by atoms with Gasteiger partial charge < -0.3 is 9.26 Å². The van der Waals surface area contributed by atoms with Gasteiger partial charge >= 0.3 is 6.18 Å². The molecule has 0 spiro atoms. The molecule has 0 radical (unpaired) electrons. The lowest BCUT2D eigenvalue weighted by Gasteiger charge is -2.13. The van der Waals surface area contributed by atoms with Crippen LogP contribution in [0.3, 0.4) is 0 Å². The molecule has 1 aliphatic carbocycles. The molecule has 7 nitrogen and oxygen atoms in total. The summed E-state index contributed by atoms with van der Waals surface area (Å²) in [6.45, 7) is 0. The van der Waals surface area contributed by atoms with Gasteiger partial charge in [0, 0.05) is 11.5 Å². The van der Waals surface area contributed by atoms with E-state index in [1.54, 1.807) is 42.0 Å². The molecule has 2 aromatic heterocycles. The number of aromatic nitrogens is 5. The molecule has 0 aliphatic heterocycles. The first-order chi connectivity index (χ1) is 15.9. The molecular weight excluding hydrogens is 455 g/mol. The molecule has 5 rings (SSSR count). The van der Waals surface area contributed by atoms with E-state index in [2.05, 4.69) is 20.3 Å². The minimum Gasteiger partial charge on any atom is -0.497 e. The van der Waals surface area contributed by atoms with Crippen molar-refractivity contribution in [1.29, 1.82) is 0 Å². The van der Waals surface area contributed by atoms with Gasteiger partial charge in [-0.15, -0.1) is 10.2 Å². The summed E-state index contributed by atoms with van der Waals surface area (Å²) in [5, 5.41) is 12.9. The van der Waals surface area contributed by atoms with Gasteiger partial charge in [0.2, 0.25) is 5.89 Å². The fourth-order valence-corrected chi connectivity index (χ4v) is 4.09. The number of benzene rings is 2. The molecule has 2 heterocycles. The monoisotopic (exact) mass is 473 g/mol. The predicted molar refractivity (Wildman–Crippen MR) is 114 cm³/mol. The number of hydrogen-bond acceptors (Lipinski definition) is 7. The quantitative estimate of drug-likeness (QED) is 0.327. The van der Waals surface area contributed by atoms with Gasteiger partial charge in [-0.05, 0) is 55.3 Å². The maximum Gasteiger partial charge on any atom is 0.416 e. The molecule has 0 atom stereocenters. The van der Waals surface area contributed by atoms with Crippen molar-refractivity contribution in [3.05, 3.63) is 65.8 Å². The summed E-state index contributed by atoms with van der Waals surface area (Å²) in [6.07, 6.45) is -2.38. The number of halogens is 3. The van der Waals surface area contributed by atoms with Crippen LogP contribution >= 0.6 is 11.8 Å². The third kappa shape index (κ3) is 4.58. The van der Waals surface area contributed by atoms with E-state index in [0.29, 0.717) is 51.4 Å². The van der Waals surface area contributed by atoms with Gasteiger partial charge in [-0.25, -0.2) is 0 Å². The van der Waals surface area contributed by atoms with Gasteiger partial charge in [0.25, 0.3) is 0 Å². The SMILES string of the molecule is COc1ccc(-c2nnc(SCc3noc(C4CC4)n3)n2-c2cccc(C(F)(F)F)c2)cc1. The summed E-state index contributed by atoms with van der Waals surface area (Å²) in [5.41, 5.74) is 0.232. The number of nitrogens with zero attached hydrogens (tertiary/aromatic N) is 5. The van der Waals surface area contributed by atoms with E-state index in [1.807, 2.05) is 0 Å². The first kappa shape index (κ1) is 21.5. The van der Waals surface area contributed by atoms with Crippen molar-refractivity contribution < 1.29 is 22.4 Å². The van der Waals surface area contributed by atoms with Crippen LogP contribution in [0.25, 0.3) is 17.1 Å². The van der Waals surface area contributed by atoms with E-state index in [9.17, 15) is 13.2 Å². The molecule has 170 valence electrons. The molecule has 0 amide bonds. The minimum absolute atomic E-state index is 0.301. The Labute approximate surface area is 191 Å². The van der Waals surface area contributed by atoms with E-state index in [4.69, 9.17) is 9.26 Å². The fourth-order valence-electron chi connectivity index (χ4n) is 3.30. The van der Waals surface area contributed by atoms with Gasteiger partial charge in [-0.3, -0.25) is 4.57 Å². The van der Waals surface area contributed by atoms with Gasteiger partial charge in [-0.1, -0.05) is 23.0 Å². The molecule has 33 heavy (non-hydrogen) atoms. The Bertz CT molecular complexity index is 1270. The normalized spacial score (nSPS) is 13.9. The lowest BCUT2D eigenvalue weighted by Crippen LogP contribution is -2.07. The van der Waals surface area contributed by atoms with Crippen LogP contribution < -0.4 is 4.74 Å². The Hall–Kier alpha value is -3.34. The van der Waals surface area contributed by atoms with Gasteiger partial charge in [0.15, 0.2) is 16.8 Å². The van der Waals surface area contributed by atoms with E-state index >= 15 is 0 Å². The minimum atomic E-state index is -4.47. The van der Waals surface area contributed by atoms with Gasteiger partial charge in [-0.2, -0.15) is 18.2 Å². The van der Waals surface area contributed by atoms with E-state index in [-0.39, 0.29) is 0 Å². The standard InChI is InChI=1S/C22H18F3N5O2S/c1-31-17-9-7-13(8-10-17)19-27-28-21(33-12-18-26-20(32-29-18)14-5-6-14)30(19)16-4-2-3-15(11-16)22(23,24)25/h2-4,7-11,14H,5-6,12H2,1H3. The summed E-state index contributed by atoms with van der Waals surface area (Å²) in [5.74, 6) is 2.88. The van der Waals surface area contributed by atoms with E-state index in [0.717, 1.165) is 25.0 Å². The van der Waals surface area contributed by atoms with Crippen LogP contribution in [0.4, 0.5) is 13.2 Å². The van der Waals surface area contributed by atoms with Crippen molar-refractivity contribution in [1.82, 2.24) is 24.9 Å². The highest BCUT2D eigenvalue weighted by molar-refractivity contribution is 7.98. The third-order valence-corrected chi connectivity index (χ3v) is 6.08. The Morgan fingerprint density at radius 1 is 1.12 bits per heavy atom. The van der Waals surface area contributed by atoms with Crippen molar-refractivity contribution in [2.24, 2.45) is 0 Å². The molecule has 1 aliphatic rings. The number of rotatable bonds is 7. The zero-order chi connectivity index (χ0) is 23.0. The Kier molecular flexibility index (Phi) is 5.57. The van der Waals surface area contributed by atoms with Crippen molar-refractivity contribution in [2.45, 2.75) is 35.8 Å². The molecule has 0 unspecified atom stereocenters. The second-order valence-electron chi connectivity index (χ2n) is 7.53. The van der Waals surface area contributed by atoms with Crippen LogP contribution in [0.2, 0.25) is 0 Å². The van der Waals surface area contributed by atoms with Crippen molar-refractivity contribution in [2.75, 3.05) is 7.11 Å². The number of hydrogen-bond donors (Lipinski definition) is 0. The van der Waals surface area contributed by atoms with Crippen molar-refractivity contribution in [3.63, 3.8) is 0 Å². The zero-order valence-electron chi connectivity index (χ0n) is 17.4. The lowest BCUT2D eigenvalue weighted by atomic mass is 10.1. The summed E-state index contributed by atoms with van der Waals surface area (Å²) < 4.78 is 52.2. The second-order valence-corrected chi connectivity index (χ2v) is 8.47. The van der Waals surface area contributed by atoms with E-state index in [1.165, 1.54) is 17.8 Å². The molecule has 4 aromatic rings. The van der Waals surface area contributed by atoms with Gasteiger partial charge in [0.05, 0.1) is 24.1 Å². The topological polar surface area (TPSA) is 78.9 Å². The summed E-state index contributed by atoms with van der Waals surface area (Å²) in [4.78, 5) is 4.40. The third-order valence-electron chi connectivity index (χ3n) is 5.15. The Morgan fingerprint density at radius 3 is 2.61 bits per heavy atom. The molecule has 0 N–H and O–H groups in total. The molecule has 0 bridgehead atoms. The average Bonchev–Trinajstić information content (AvgIpc) is 3.41. The number of ether oxygens (including phenoxy) is 1. The molecule has 0 saturated heterocycles. The Balaban J connectivity index is 1.51. The van der Waals surface area contributed by atoms with Crippen LogP contribution in [0, 0.1) is 0 Å². The molecular formula is C22H18F3N5O2S. The summed E-state index contributed by atoms with van der Waals surface area (Å²) in [7, 11) is 1.56. The highest BCUT2D eigenvalue weighted by Gasteiger charge is 2.31. The molecule has 1 saturated carbocycles. The van der Waals surface area contributed by atoms with Crippen molar-refractivity contribution in [3.8, 4) is 22.8 Å². The molecule has 11 heteroatoms. The predicted octanol–water partition coefficient (Wildman–Crippen LogP) is 5.51. The van der Waals surface area contributed by atoms with Crippen LogP contribution in [0.15, 0.2) is 58.2 Å². The maximum absolute atomic E-state index is 13.4. The lowest BCUT2D eigenvalue weighted by molar-refractivity contribution is -0.137. The summed E-state index contributed by atoms with van der Waals surface area (Å²) in [6, 6.07) is 12.1. The number of alkyl halides is 3. The number of thioether (sulfide) groups is 1. The number of methoxy groups -OCH3 is 1. The summed E-state index contributed by atoms with van der Waals surface area (Å²) >= 11 is 1.28. The van der Waals surface area contributed by atoms with Crippen LogP contribution in [0.5, 0.6) is 5.75 Å². The smallest absolute Gasteiger partial charge is 0.416 e. The average molecular weight is 473 g/mol. The first-order valence-electron chi connectivity index (χ1n) is 10.1. The van der Waals surface area contributed by atoms with E-state index < -0.39 is 11.7 Å². The van der Waals surface area contributed by atoms with Crippen LogP contribution in [0.1, 0.15) is 36.0 Å². The van der Waals surface area contributed by atoms with Crippen LogP contribution in [-0.2, 0) is 11.9 Å². The highest BCUT2D eigenvalue weighted by atomic mass is 32.2.